The van der Waals surface area contributed by atoms with Crippen molar-refractivity contribution in [2.45, 2.75) is 13.8 Å². The van der Waals surface area contributed by atoms with Crippen molar-refractivity contribution in [3.8, 4) is 5.75 Å². The Morgan fingerprint density at radius 1 is 1.57 bits per heavy atom. The predicted octanol–water partition coefficient (Wildman–Crippen LogP) is 1.49. The number of rotatable bonds is 3. The summed E-state index contributed by atoms with van der Waals surface area (Å²) in [6.07, 6.45) is 0. The Bertz CT molecular complexity index is 348. The maximum absolute atomic E-state index is 8.56. The van der Waals surface area contributed by atoms with Crippen LogP contribution in [-0.4, -0.2) is 17.6 Å². The van der Waals surface area contributed by atoms with Crippen molar-refractivity contribution in [1.29, 1.82) is 0 Å². The van der Waals surface area contributed by atoms with Crippen LogP contribution < -0.4 is 10.5 Å². The number of benzene rings is 1. The molecule has 1 aromatic rings. The minimum absolute atomic E-state index is 0.0634. The second kappa shape index (κ2) is 4.50. The van der Waals surface area contributed by atoms with Crippen LogP contribution in [0, 0.1) is 6.92 Å². The summed E-state index contributed by atoms with van der Waals surface area (Å²) in [7, 11) is 0. The van der Waals surface area contributed by atoms with Gasteiger partial charge < -0.3 is 15.7 Å². The Hall–Kier alpha value is -1.71. The Kier molecular flexibility index (Phi) is 3.34. The molecule has 0 radical (unpaired) electrons. The summed E-state index contributed by atoms with van der Waals surface area (Å²) >= 11 is 0. The highest BCUT2D eigenvalue weighted by Gasteiger charge is 2.07. The molecule has 4 heteroatoms. The monoisotopic (exact) mass is 194 g/mol. The second-order valence-corrected chi connectivity index (χ2v) is 2.92. The highest BCUT2D eigenvalue weighted by atomic mass is 16.5. The SMILES string of the molecule is CCOc1cc(C)ccc1C(N)=NO. The molecule has 3 N–H and O–H groups in total. The van der Waals surface area contributed by atoms with Crippen molar-refractivity contribution in [3.05, 3.63) is 29.3 Å². The zero-order valence-electron chi connectivity index (χ0n) is 8.32. The highest BCUT2D eigenvalue weighted by Crippen LogP contribution is 2.19. The molecule has 0 aliphatic carbocycles. The minimum atomic E-state index is 0.0634. The fourth-order valence-corrected chi connectivity index (χ4v) is 1.17. The van der Waals surface area contributed by atoms with Crippen LogP contribution in [0.1, 0.15) is 18.1 Å². The molecule has 0 spiro atoms. The average Bonchev–Trinajstić information content (AvgIpc) is 2.17. The van der Waals surface area contributed by atoms with Gasteiger partial charge in [-0.2, -0.15) is 0 Å². The zero-order valence-corrected chi connectivity index (χ0v) is 8.32. The van der Waals surface area contributed by atoms with Gasteiger partial charge in [0.2, 0.25) is 0 Å². The summed E-state index contributed by atoms with van der Waals surface area (Å²) in [4.78, 5) is 0. The van der Waals surface area contributed by atoms with Gasteiger partial charge in [0.15, 0.2) is 5.84 Å². The third-order valence-electron chi connectivity index (χ3n) is 1.82. The molecule has 0 heterocycles. The van der Waals surface area contributed by atoms with Gasteiger partial charge in [-0.1, -0.05) is 11.2 Å². The molecular formula is C10H14N2O2. The number of aryl methyl sites for hydroxylation is 1. The van der Waals surface area contributed by atoms with Gasteiger partial charge in [0.1, 0.15) is 5.75 Å². The van der Waals surface area contributed by atoms with Gasteiger partial charge in [-0.25, -0.2) is 0 Å². The van der Waals surface area contributed by atoms with Crippen LogP contribution >= 0.6 is 0 Å². The van der Waals surface area contributed by atoms with Crippen molar-refractivity contribution < 1.29 is 9.94 Å². The first kappa shape index (κ1) is 10.4. The first-order valence-corrected chi connectivity index (χ1v) is 4.40. The number of oxime groups is 1. The lowest BCUT2D eigenvalue weighted by molar-refractivity contribution is 0.317. The van der Waals surface area contributed by atoms with Gasteiger partial charge in [-0.3, -0.25) is 0 Å². The third kappa shape index (κ3) is 2.16. The quantitative estimate of drug-likeness (QED) is 0.331. The molecule has 0 amide bonds. The first-order valence-electron chi connectivity index (χ1n) is 4.40. The fourth-order valence-electron chi connectivity index (χ4n) is 1.17. The fraction of sp³-hybridized carbons (Fsp3) is 0.300. The van der Waals surface area contributed by atoms with Crippen molar-refractivity contribution in [2.24, 2.45) is 10.9 Å². The second-order valence-electron chi connectivity index (χ2n) is 2.92. The Balaban J connectivity index is 3.14. The van der Waals surface area contributed by atoms with Crippen LogP contribution in [0.25, 0.3) is 0 Å². The number of amidine groups is 1. The van der Waals surface area contributed by atoms with E-state index in [9.17, 15) is 0 Å². The number of hydrogen-bond donors (Lipinski definition) is 2. The molecule has 0 atom stereocenters. The van der Waals surface area contributed by atoms with Crippen molar-refractivity contribution in [2.75, 3.05) is 6.61 Å². The molecule has 0 saturated carbocycles. The van der Waals surface area contributed by atoms with Crippen LogP contribution in [-0.2, 0) is 0 Å². The average molecular weight is 194 g/mol. The van der Waals surface area contributed by atoms with Crippen molar-refractivity contribution >= 4 is 5.84 Å². The predicted molar refractivity (Wildman–Crippen MR) is 54.9 cm³/mol. The third-order valence-corrected chi connectivity index (χ3v) is 1.82. The molecule has 0 bridgehead atoms. The van der Waals surface area contributed by atoms with Crippen LogP contribution in [0.15, 0.2) is 23.4 Å². The standard InChI is InChI=1S/C10H14N2O2/c1-3-14-9-6-7(2)4-5-8(9)10(11)12-13/h4-6,13H,3H2,1-2H3,(H2,11,12). The van der Waals surface area contributed by atoms with E-state index in [-0.39, 0.29) is 5.84 Å². The summed E-state index contributed by atoms with van der Waals surface area (Å²) in [5, 5.41) is 11.5. The molecule has 76 valence electrons. The molecule has 4 nitrogen and oxygen atoms in total. The molecule has 0 aliphatic heterocycles. The van der Waals surface area contributed by atoms with Gasteiger partial charge >= 0.3 is 0 Å². The van der Waals surface area contributed by atoms with E-state index in [1.165, 1.54) is 0 Å². The molecular weight excluding hydrogens is 180 g/mol. The van der Waals surface area contributed by atoms with Crippen LogP contribution in [0.4, 0.5) is 0 Å². The van der Waals surface area contributed by atoms with E-state index in [0.29, 0.717) is 17.9 Å². The summed E-state index contributed by atoms with van der Waals surface area (Å²) in [5.41, 5.74) is 7.18. The normalized spacial score (nSPS) is 11.4. The lowest BCUT2D eigenvalue weighted by Crippen LogP contribution is -2.14. The van der Waals surface area contributed by atoms with Gasteiger partial charge in [0.25, 0.3) is 0 Å². The van der Waals surface area contributed by atoms with Crippen LogP contribution in [0.5, 0.6) is 5.75 Å². The van der Waals surface area contributed by atoms with Gasteiger partial charge in [0.05, 0.1) is 12.2 Å². The Morgan fingerprint density at radius 3 is 2.86 bits per heavy atom. The lowest BCUT2D eigenvalue weighted by atomic mass is 10.1. The minimum Gasteiger partial charge on any atom is -0.493 e. The van der Waals surface area contributed by atoms with E-state index < -0.39 is 0 Å². The largest absolute Gasteiger partial charge is 0.493 e. The maximum atomic E-state index is 8.56. The number of nitrogens with zero attached hydrogens (tertiary/aromatic N) is 1. The molecule has 0 saturated heterocycles. The van der Waals surface area contributed by atoms with E-state index in [1.54, 1.807) is 6.07 Å². The smallest absolute Gasteiger partial charge is 0.173 e. The van der Waals surface area contributed by atoms with E-state index in [0.717, 1.165) is 5.56 Å². The number of hydrogen-bond acceptors (Lipinski definition) is 3. The molecule has 0 aromatic heterocycles. The van der Waals surface area contributed by atoms with Crippen molar-refractivity contribution in [1.82, 2.24) is 0 Å². The van der Waals surface area contributed by atoms with E-state index in [2.05, 4.69) is 5.16 Å². The molecule has 0 aliphatic rings. The summed E-state index contributed by atoms with van der Waals surface area (Å²) < 4.78 is 5.37. The molecule has 1 rings (SSSR count). The molecule has 1 aromatic carbocycles. The zero-order chi connectivity index (χ0) is 10.6. The van der Waals surface area contributed by atoms with Crippen LogP contribution in [0.2, 0.25) is 0 Å². The lowest BCUT2D eigenvalue weighted by Gasteiger charge is -2.09. The Labute approximate surface area is 83.0 Å². The summed E-state index contributed by atoms with van der Waals surface area (Å²) in [6, 6.07) is 5.52. The summed E-state index contributed by atoms with van der Waals surface area (Å²) in [6.45, 7) is 4.39. The topological polar surface area (TPSA) is 67.8 Å². The van der Waals surface area contributed by atoms with E-state index in [4.69, 9.17) is 15.7 Å². The molecule has 0 fully saturated rings. The van der Waals surface area contributed by atoms with Crippen LogP contribution in [0.3, 0.4) is 0 Å². The van der Waals surface area contributed by atoms with Gasteiger partial charge in [0, 0.05) is 0 Å². The van der Waals surface area contributed by atoms with Gasteiger partial charge in [-0.15, -0.1) is 0 Å². The molecule has 0 unspecified atom stereocenters. The number of nitrogens with two attached hydrogens (primary N) is 1. The first-order chi connectivity index (χ1) is 6.69. The summed E-state index contributed by atoms with van der Waals surface area (Å²) in [5.74, 6) is 0.705. The van der Waals surface area contributed by atoms with E-state index in [1.807, 2.05) is 26.0 Å². The van der Waals surface area contributed by atoms with E-state index >= 15 is 0 Å². The van der Waals surface area contributed by atoms with Gasteiger partial charge in [-0.05, 0) is 31.5 Å². The highest BCUT2D eigenvalue weighted by molar-refractivity contribution is 5.99. The Morgan fingerprint density at radius 2 is 2.29 bits per heavy atom. The number of ether oxygens (including phenoxy) is 1. The molecule has 14 heavy (non-hydrogen) atoms. The van der Waals surface area contributed by atoms with Crippen molar-refractivity contribution in [3.63, 3.8) is 0 Å². The maximum Gasteiger partial charge on any atom is 0.173 e.